The summed E-state index contributed by atoms with van der Waals surface area (Å²) in [5.74, 6) is 0. The number of alkyl halides is 3. The Hall–Kier alpha value is -2.57. The van der Waals surface area contributed by atoms with Crippen LogP contribution in [0.3, 0.4) is 0 Å². The van der Waals surface area contributed by atoms with Crippen molar-refractivity contribution in [1.82, 2.24) is 9.97 Å². The number of hydrogen-bond acceptors (Lipinski definition) is 3. The molecule has 0 aliphatic carbocycles. The molecule has 3 rings (SSSR count). The predicted molar refractivity (Wildman–Crippen MR) is 86.7 cm³/mol. The van der Waals surface area contributed by atoms with Gasteiger partial charge in [0.25, 0.3) is 0 Å². The fourth-order valence-electron chi connectivity index (χ4n) is 2.67. The third-order valence-corrected chi connectivity index (χ3v) is 3.88. The topological polar surface area (TPSA) is 49.0 Å². The number of halogens is 3. The molecule has 2 heterocycles. The van der Waals surface area contributed by atoms with E-state index in [1.54, 1.807) is 11.1 Å². The number of H-pyrrole nitrogens is 1. The second-order valence-corrected chi connectivity index (χ2v) is 5.64. The number of rotatable bonds is 3. The van der Waals surface area contributed by atoms with Crippen LogP contribution in [0.25, 0.3) is 12.2 Å². The van der Waals surface area contributed by atoms with Crippen LogP contribution in [0.5, 0.6) is 0 Å². The van der Waals surface area contributed by atoms with Crippen LogP contribution < -0.4 is 10.6 Å². The zero-order valence-corrected chi connectivity index (χ0v) is 12.8. The van der Waals surface area contributed by atoms with Crippen LogP contribution in [0.4, 0.5) is 18.9 Å². The molecule has 1 N–H and O–H groups in total. The standard InChI is InChI=1S/C17H16F3N3O/c18-17(19,20)15-11-13(21-16(24)22-15)6-3-12-4-7-14(8-5-12)23-9-1-2-10-23/h3-8,11H,1-2,9-10H2,(H,21,22,24)/b6-3+. The van der Waals surface area contributed by atoms with E-state index in [1.807, 2.05) is 24.3 Å². The molecule has 0 amide bonds. The van der Waals surface area contributed by atoms with Gasteiger partial charge < -0.3 is 9.88 Å². The fourth-order valence-corrected chi connectivity index (χ4v) is 2.67. The molecular weight excluding hydrogens is 319 g/mol. The number of hydrogen-bond donors (Lipinski definition) is 1. The maximum absolute atomic E-state index is 12.7. The lowest BCUT2D eigenvalue weighted by atomic mass is 10.1. The van der Waals surface area contributed by atoms with E-state index in [1.165, 1.54) is 18.9 Å². The minimum atomic E-state index is -4.61. The highest BCUT2D eigenvalue weighted by molar-refractivity contribution is 5.69. The average molecular weight is 335 g/mol. The summed E-state index contributed by atoms with van der Waals surface area (Å²) >= 11 is 0. The number of nitrogens with one attached hydrogen (secondary N) is 1. The van der Waals surface area contributed by atoms with E-state index in [0.29, 0.717) is 0 Å². The second-order valence-electron chi connectivity index (χ2n) is 5.64. The summed E-state index contributed by atoms with van der Waals surface area (Å²) in [4.78, 5) is 18.8. The lowest BCUT2D eigenvalue weighted by Crippen LogP contribution is -2.19. The summed E-state index contributed by atoms with van der Waals surface area (Å²) in [6.45, 7) is 2.10. The largest absolute Gasteiger partial charge is 0.431 e. The van der Waals surface area contributed by atoms with Crippen molar-refractivity contribution in [2.75, 3.05) is 18.0 Å². The summed E-state index contributed by atoms with van der Waals surface area (Å²) in [5, 5.41) is 0. The zero-order chi connectivity index (χ0) is 17.2. The Balaban J connectivity index is 1.78. The SMILES string of the molecule is O=c1nc(/C=C/c2ccc(N3CCCC3)cc2)cc(C(F)(F)F)[nH]1. The second kappa shape index (κ2) is 6.51. The van der Waals surface area contributed by atoms with E-state index in [-0.39, 0.29) is 5.69 Å². The van der Waals surface area contributed by atoms with Gasteiger partial charge >= 0.3 is 11.9 Å². The Labute approximate surface area is 136 Å². The zero-order valence-electron chi connectivity index (χ0n) is 12.8. The molecule has 0 atom stereocenters. The van der Waals surface area contributed by atoms with Crippen LogP contribution in [0.1, 0.15) is 29.8 Å². The van der Waals surface area contributed by atoms with Gasteiger partial charge in [0.15, 0.2) is 0 Å². The number of nitrogens with zero attached hydrogens (tertiary/aromatic N) is 2. The summed E-state index contributed by atoms with van der Waals surface area (Å²) in [5.41, 5.74) is -0.193. The molecule has 4 nitrogen and oxygen atoms in total. The molecule has 0 spiro atoms. The van der Waals surface area contributed by atoms with Gasteiger partial charge in [-0.1, -0.05) is 18.2 Å². The first-order chi connectivity index (χ1) is 11.4. The van der Waals surface area contributed by atoms with Gasteiger partial charge in [-0.2, -0.15) is 18.2 Å². The molecule has 1 saturated heterocycles. The van der Waals surface area contributed by atoms with Gasteiger partial charge in [-0.25, -0.2) is 4.79 Å². The van der Waals surface area contributed by atoms with Crippen LogP contribution in [0.15, 0.2) is 35.1 Å². The van der Waals surface area contributed by atoms with E-state index in [4.69, 9.17) is 0 Å². The normalized spacial score (nSPS) is 15.4. The molecule has 1 aromatic carbocycles. The molecule has 0 bridgehead atoms. The average Bonchev–Trinajstić information content (AvgIpc) is 3.06. The first-order valence-electron chi connectivity index (χ1n) is 7.63. The highest BCUT2D eigenvalue weighted by atomic mass is 19.4. The van der Waals surface area contributed by atoms with E-state index in [0.717, 1.165) is 30.4 Å². The molecular formula is C17H16F3N3O. The van der Waals surface area contributed by atoms with Crippen LogP contribution in [0.2, 0.25) is 0 Å². The molecule has 2 aromatic rings. The third-order valence-electron chi connectivity index (χ3n) is 3.88. The van der Waals surface area contributed by atoms with Crippen molar-refractivity contribution in [3.8, 4) is 0 Å². The molecule has 126 valence electrons. The maximum Gasteiger partial charge on any atom is 0.431 e. The molecule has 1 aliphatic rings. The maximum atomic E-state index is 12.7. The van der Waals surface area contributed by atoms with Crippen LogP contribution in [0, 0.1) is 0 Å². The van der Waals surface area contributed by atoms with Gasteiger partial charge in [0.05, 0.1) is 5.69 Å². The Morgan fingerprint density at radius 2 is 1.75 bits per heavy atom. The van der Waals surface area contributed by atoms with E-state index >= 15 is 0 Å². The smallest absolute Gasteiger partial charge is 0.372 e. The lowest BCUT2D eigenvalue weighted by Gasteiger charge is -2.17. The summed E-state index contributed by atoms with van der Waals surface area (Å²) in [6.07, 6.45) is 0.807. The quantitative estimate of drug-likeness (QED) is 0.933. The molecule has 0 unspecified atom stereocenters. The Morgan fingerprint density at radius 1 is 1.08 bits per heavy atom. The van der Waals surface area contributed by atoms with Crippen molar-refractivity contribution in [2.45, 2.75) is 19.0 Å². The van der Waals surface area contributed by atoms with Gasteiger partial charge in [0.1, 0.15) is 5.69 Å². The van der Waals surface area contributed by atoms with Crippen LogP contribution >= 0.6 is 0 Å². The third kappa shape index (κ3) is 3.84. The number of aromatic amines is 1. The summed E-state index contributed by atoms with van der Waals surface area (Å²) in [7, 11) is 0. The van der Waals surface area contributed by atoms with Gasteiger partial charge in [-0.3, -0.25) is 0 Å². The summed E-state index contributed by atoms with van der Waals surface area (Å²) < 4.78 is 38.0. The van der Waals surface area contributed by atoms with Crippen LogP contribution in [-0.2, 0) is 6.18 Å². The molecule has 1 fully saturated rings. The van der Waals surface area contributed by atoms with Crippen molar-refractivity contribution in [3.63, 3.8) is 0 Å². The molecule has 1 aliphatic heterocycles. The molecule has 0 saturated carbocycles. The van der Waals surface area contributed by atoms with E-state index in [2.05, 4.69) is 9.88 Å². The molecule has 7 heteroatoms. The van der Waals surface area contributed by atoms with E-state index < -0.39 is 17.6 Å². The van der Waals surface area contributed by atoms with Crippen molar-refractivity contribution in [3.05, 3.63) is 57.8 Å². The predicted octanol–water partition coefficient (Wildman–Crippen LogP) is 3.56. The molecule has 0 radical (unpaired) electrons. The molecule has 1 aromatic heterocycles. The lowest BCUT2D eigenvalue weighted by molar-refractivity contribution is -0.141. The highest BCUT2D eigenvalue weighted by Crippen LogP contribution is 2.27. The number of aromatic nitrogens is 2. The highest BCUT2D eigenvalue weighted by Gasteiger charge is 2.32. The Morgan fingerprint density at radius 3 is 2.38 bits per heavy atom. The summed E-state index contributed by atoms with van der Waals surface area (Å²) in [6, 6.07) is 8.56. The monoisotopic (exact) mass is 335 g/mol. The van der Waals surface area contributed by atoms with Gasteiger partial charge in [-0.05, 0) is 42.7 Å². The number of anilines is 1. The van der Waals surface area contributed by atoms with Gasteiger partial charge in [-0.15, -0.1) is 0 Å². The Kier molecular flexibility index (Phi) is 4.42. The van der Waals surface area contributed by atoms with Crippen molar-refractivity contribution < 1.29 is 13.2 Å². The van der Waals surface area contributed by atoms with Crippen molar-refractivity contribution in [1.29, 1.82) is 0 Å². The van der Waals surface area contributed by atoms with Gasteiger partial charge in [0.2, 0.25) is 0 Å². The van der Waals surface area contributed by atoms with Crippen molar-refractivity contribution >= 4 is 17.8 Å². The van der Waals surface area contributed by atoms with Gasteiger partial charge in [0, 0.05) is 18.8 Å². The first-order valence-corrected chi connectivity index (χ1v) is 7.63. The minimum Gasteiger partial charge on any atom is -0.372 e. The Bertz CT molecular complexity index is 788. The van der Waals surface area contributed by atoms with Crippen molar-refractivity contribution in [2.24, 2.45) is 0 Å². The van der Waals surface area contributed by atoms with Crippen LogP contribution in [-0.4, -0.2) is 23.1 Å². The molecule has 24 heavy (non-hydrogen) atoms. The number of benzene rings is 1. The van der Waals surface area contributed by atoms with E-state index in [9.17, 15) is 18.0 Å². The fraction of sp³-hybridized carbons (Fsp3) is 0.294. The first kappa shape index (κ1) is 16.3. The minimum absolute atomic E-state index is 0.0327.